The van der Waals surface area contributed by atoms with E-state index in [9.17, 15) is 26.3 Å². The highest BCUT2D eigenvalue weighted by molar-refractivity contribution is 5.88. The Morgan fingerprint density at radius 3 is 1.90 bits per heavy atom. The van der Waals surface area contributed by atoms with Gasteiger partial charge in [0.1, 0.15) is 17.5 Å². The summed E-state index contributed by atoms with van der Waals surface area (Å²) in [5.41, 5.74) is 0.289. The molecular weight excluding hydrogens is 390 g/mol. The number of halogens is 6. The first kappa shape index (κ1) is 19.1. The van der Waals surface area contributed by atoms with Crippen molar-refractivity contribution >= 4 is 10.8 Å². The summed E-state index contributed by atoms with van der Waals surface area (Å²) in [4.78, 5) is 0. The minimum Gasteiger partial charge on any atom is -0.206 e. The number of hydrogen-bond acceptors (Lipinski definition) is 0. The first-order valence-corrected chi connectivity index (χ1v) is 8.59. The minimum atomic E-state index is -1.62. The molecule has 0 aliphatic heterocycles. The highest BCUT2D eigenvalue weighted by Crippen LogP contribution is 2.34. The van der Waals surface area contributed by atoms with Crippen LogP contribution in [0.3, 0.4) is 0 Å². The summed E-state index contributed by atoms with van der Waals surface area (Å²) < 4.78 is 84.4. The Morgan fingerprint density at radius 2 is 1.24 bits per heavy atom. The van der Waals surface area contributed by atoms with Crippen LogP contribution in [0.2, 0.25) is 0 Å². The van der Waals surface area contributed by atoms with Crippen molar-refractivity contribution in [3.05, 3.63) is 95.1 Å². The molecule has 0 nitrogen and oxygen atoms in total. The maximum atomic E-state index is 14.7. The zero-order chi connectivity index (χ0) is 20.9. The van der Waals surface area contributed by atoms with E-state index in [4.69, 9.17) is 0 Å². The lowest BCUT2D eigenvalue weighted by Crippen LogP contribution is -1.96. The van der Waals surface area contributed by atoms with Crippen LogP contribution in [0.25, 0.3) is 33.0 Å². The molecule has 0 radical (unpaired) electrons. The molecule has 0 spiro atoms. The quantitative estimate of drug-likeness (QED) is 0.243. The summed E-state index contributed by atoms with van der Waals surface area (Å²) in [6.45, 7) is 1.69. The van der Waals surface area contributed by atoms with Gasteiger partial charge in [-0.3, -0.25) is 0 Å². The highest BCUT2D eigenvalue weighted by Gasteiger charge is 2.18. The van der Waals surface area contributed by atoms with Gasteiger partial charge < -0.3 is 0 Å². The molecule has 4 aromatic rings. The van der Waals surface area contributed by atoms with E-state index in [1.165, 1.54) is 18.2 Å². The third kappa shape index (κ3) is 3.24. The van der Waals surface area contributed by atoms with E-state index in [0.717, 1.165) is 30.3 Å². The van der Waals surface area contributed by atoms with Crippen LogP contribution in [0, 0.1) is 41.8 Å². The van der Waals surface area contributed by atoms with Crippen LogP contribution in [0.5, 0.6) is 0 Å². The molecule has 4 aromatic carbocycles. The summed E-state index contributed by atoms with van der Waals surface area (Å²) in [5, 5.41) is -0.266. The molecule has 0 saturated carbocycles. The van der Waals surface area contributed by atoms with E-state index in [1.54, 1.807) is 13.0 Å². The van der Waals surface area contributed by atoms with E-state index in [2.05, 4.69) is 0 Å². The Morgan fingerprint density at radius 1 is 0.552 bits per heavy atom. The molecule has 6 heteroatoms. The molecule has 0 amide bonds. The predicted molar refractivity (Wildman–Crippen MR) is 99.3 cm³/mol. The van der Waals surface area contributed by atoms with E-state index >= 15 is 0 Å². The normalized spacial score (nSPS) is 11.3. The van der Waals surface area contributed by atoms with Gasteiger partial charge in [0.05, 0.1) is 5.56 Å². The van der Waals surface area contributed by atoms with Gasteiger partial charge >= 0.3 is 0 Å². The van der Waals surface area contributed by atoms with Gasteiger partial charge in [0, 0.05) is 10.9 Å². The summed E-state index contributed by atoms with van der Waals surface area (Å²) in [7, 11) is 0. The van der Waals surface area contributed by atoms with E-state index < -0.39 is 40.5 Å². The highest BCUT2D eigenvalue weighted by atomic mass is 19.2. The minimum absolute atomic E-state index is 0.00818. The molecule has 0 aliphatic carbocycles. The molecule has 0 saturated heterocycles. The van der Waals surface area contributed by atoms with Crippen LogP contribution >= 0.6 is 0 Å². The molecule has 0 aliphatic rings. The molecule has 0 unspecified atom stereocenters. The standard InChI is InChI=1S/C23H12F6/c1-11-2-4-15(17(24)6-11)14-8-18(25)21(19(26)9-14)12-3-5-16-13(7-12)10-20(27)23(29)22(16)28/h2-10H,1H3. The summed E-state index contributed by atoms with van der Waals surface area (Å²) in [6.07, 6.45) is 0. The second-order valence-electron chi connectivity index (χ2n) is 6.72. The Kier molecular flexibility index (Phi) is 4.57. The Hall–Kier alpha value is -3.28. The maximum Gasteiger partial charge on any atom is 0.195 e. The fraction of sp³-hybridized carbons (Fsp3) is 0.0435. The average Bonchev–Trinajstić information content (AvgIpc) is 2.65. The largest absolute Gasteiger partial charge is 0.206 e. The van der Waals surface area contributed by atoms with Crippen LogP contribution in [0.15, 0.2) is 54.6 Å². The number of benzene rings is 4. The monoisotopic (exact) mass is 402 g/mol. The average molecular weight is 402 g/mol. The molecule has 0 atom stereocenters. The lowest BCUT2D eigenvalue weighted by molar-refractivity contribution is 0.453. The topological polar surface area (TPSA) is 0 Å². The zero-order valence-electron chi connectivity index (χ0n) is 15.0. The van der Waals surface area contributed by atoms with Gasteiger partial charge in [-0.05, 0) is 59.3 Å². The van der Waals surface area contributed by atoms with Crippen molar-refractivity contribution in [3.8, 4) is 22.3 Å². The van der Waals surface area contributed by atoms with E-state index in [0.29, 0.717) is 5.56 Å². The van der Waals surface area contributed by atoms with Crippen molar-refractivity contribution in [2.24, 2.45) is 0 Å². The van der Waals surface area contributed by atoms with Gasteiger partial charge in [-0.15, -0.1) is 0 Å². The molecule has 4 rings (SSSR count). The molecule has 0 fully saturated rings. The molecule has 29 heavy (non-hydrogen) atoms. The SMILES string of the molecule is Cc1ccc(-c2cc(F)c(-c3ccc4c(F)c(F)c(F)cc4c3)c(F)c2)c(F)c1. The van der Waals surface area contributed by atoms with Crippen LogP contribution in [0.1, 0.15) is 5.56 Å². The zero-order valence-corrected chi connectivity index (χ0v) is 15.0. The third-order valence-corrected chi connectivity index (χ3v) is 4.74. The molecule has 0 bridgehead atoms. The Labute approximate surface area is 162 Å². The number of rotatable bonds is 2. The second-order valence-corrected chi connectivity index (χ2v) is 6.72. The second kappa shape index (κ2) is 6.95. The fourth-order valence-corrected chi connectivity index (χ4v) is 3.32. The third-order valence-electron chi connectivity index (χ3n) is 4.74. The summed E-state index contributed by atoms with van der Waals surface area (Å²) in [5.74, 6) is -6.96. The summed E-state index contributed by atoms with van der Waals surface area (Å²) >= 11 is 0. The molecule has 0 aromatic heterocycles. The van der Waals surface area contributed by atoms with Crippen LogP contribution in [-0.2, 0) is 0 Å². The number of hydrogen-bond donors (Lipinski definition) is 0. The van der Waals surface area contributed by atoms with Gasteiger partial charge in [0.25, 0.3) is 0 Å². The smallest absolute Gasteiger partial charge is 0.195 e. The predicted octanol–water partition coefficient (Wildman–Crippen LogP) is 7.32. The molecule has 0 N–H and O–H groups in total. The molecule has 0 heterocycles. The summed E-state index contributed by atoms with van der Waals surface area (Å²) in [6, 6.07) is 10.5. The number of aryl methyl sites for hydroxylation is 1. The van der Waals surface area contributed by atoms with Crippen LogP contribution in [0.4, 0.5) is 26.3 Å². The first-order valence-electron chi connectivity index (χ1n) is 8.59. The van der Waals surface area contributed by atoms with Crippen molar-refractivity contribution in [1.29, 1.82) is 0 Å². The van der Waals surface area contributed by atoms with Crippen molar-refractivity contribution in [2.75, 3.05) is 0 Å². The first-order chi connectivity index (χ1) is 13.8. The Balaban J connectivity index is 1.86. The van der Waals surface area contributed by atoms with Crippen molar-refractivity contribution < 1.29 is 26.3 Å². The van der Waals surface area contributed by atoms with Crippen molar-refractivity contribution in [3.63, 3.8) is 0 Å². The maximum absolute atomic E-state index is 14.7. The molecule has 146 valence electrons. The fourth-order valence-electron chi connectivity index (χ4n) is 3.32. The van der Waals surface area contributed by atoms with Crippen LogP contribution < -0.4 is 0 Å². The van der Waals surface area contributed by atoms with Gasteiger partial charge in [0.15, 0.2) is 17.5 Å². The van der Waals surface area contributed by atoms with Crippen LogP contribution in [-0.4, -0.2) is 0 Å². The van der Waals surface area contributed by atoms with Gasteiger partial charge in [-0.25, -0.2) is 26.3 Å². The van der Waals surface area contributed by atoms with Crippen molar-refractivity contribution in [1.82, 2.24) is 0 Å². The number of fused-ring (bicyclic) bond motifs is 1. The van der Waals surface area contributed by atoms with Crippen molar-refractivity contribution in [2.45, 2.75) is 6.92 Å². The molecular formula is C23H12F6. The lowest BCUT2D eigenvalue weighted by atomic mass is 9.96. The lowest BCUT2D eigenvalue weighted by Gasteiger charge is -2.11. The Bertz CT molecular complexity index is 1250. The van der Waals surface area contributed by atoms with Gasteiger partial charge in [0.2, 0.25) is 0 Å². The van der Waals surface area contributed by atoms with Gasteiger partial charge in [-0.1, -0.05) is 24.3 Å². The van der Waals surface area contributed by atoms with Gasteiger partial charge in [-0.2, -0.15) is 0 Å². The van der Waals surface area contributed by atoms with E-state index in [1.807, 2.05) is 0 Å². The van der Waals surface area contributed by atoms with E-state index in [-0.39, 0.29) is 27.5 Å².